The molecule has 26 heavy (non-hydrogen) atoms. The molecule has 0 aliphatic heterocycles. The number of sulfonamides is 1. The summed E-state index contributed by atoms with van der Waals surface area (Å²) < 4.78 is 31.3. The molecule has 2 aromatic carbocycles. The molecule has 0 heterocycles. The van der Waals surface area contributed by atoms with Gasteiger partial charge in [0.1, 0.15) is 5.75 Å². The van der Waals surface area contributed by atoms with Crippen LogP contribution >= 0.6 is 0 Å². The number of ether oxygens (including phenoxy) is 1. The fraction of sp³-hybridized carbons (Fsp3) is 0.278. The molecule has 0 spiro atoms. The molecule has 3 N–H and O–H groups in total. The molecule has 0 aromatic heterocycles. The van der Waals surface area contributed by atoms with E-state index >= 15 is 0 Å². The normalized spacial score (nSPS) is 11.4. The lowest BCUT2D eigenvalue weighted by atomic mass is 10.1. The highest BCUT2D eigenvalue weighted by atomic mass is 32.2. The molecule has 0 aliphatic carbocycles. The van der Waals surface area contributed by atoms with E-state index in [0.717, 1.165) is 9.87 Å². The number of aryl methyl sites for hydroxylation is 1. The quantitative estimate of drug-likeness (QED) is 0.753. The van der Waals surface area contributed by atoms with Crippen molar-refractivity contribution in [3.05, 3.63) is 47.5 Å². The topological polar surface area (TPSA) is 102 Å². The van der Waals surface area contributed by atoms with Crippen LogP contribution in [0.2, 0.25) is 0 Å². The van der Waals surface area contributed by atoms with Gasteiger partial charge in [-0.25, -0.2) is 12.7 Å². The van der Waals surface area contributed by atoms with Crippen LogP contribution in [0.3, 0.4) is 0 Å². The number of hydrogen-bond donors (Lipinski definition) is 2. The zero-order valence-corrected chi connectivity index (χ0v) is 16.1. The number of hydrogen-bond acceptors (Lipinski definition) is 5. The van der Waals surface area contributed by atoms with Crippen molar-refractivity contribution in [3.63, 3.8) is 0 Å². The molecule has 0 radical (unpaired) electrons. The number of nitrogens with one attached hydrogen (secondary N) is 1. The van der Waals surface area contributed by atoms with E-state index in [9.17, 15) is 13.2 Å². The number of carbonyl (C=O) groups is 1. The molecule has 0 fully saturated rings. The van der Waals surface area contributed by atoms with Crippen molar-refractivity contribution in [1.82, 2.24) is 4.31 Å². The Morgan fingerprint density at radius 2 is 1.88 bits per heavy atom. The molecule has 1 amide bonds. The number of nitrogens with two attached hydrogens (primary N) is 1. The second-order valence-electron chi connectivity index (χ2n) is 5.91. The molecule has 0 atom stereocenters. The summed E-state index contributed by atoms with van der Waals surface area (Å²) in [5, 5.41) is 2.73. The fourth-order valence-corrected chi connectivity index (χ4v) is 3.26. The third-order valence-electron chi connectivity index (χ3n) is 3.78. The molecular formula is C18H23N3O4S. The van der Waals surface area contributed by atoms with Crippen molar-refractivity contribution in [2.24, 2.45) is 0 Å². The first-order chi connectivity index (χ1) is 12.2. The number of benzene rings is 2. The number of anilines is 2. The number of nitrogen functional groups attached to an aromatic ring is 1. The maximum Gasteiger partial charge on any atom is 0.256 e. The molecule has 0 saturated carbocycles. The van der Waals surface area contributed by atoms with Crippen molar-refractivity contribution in [2.75, 3.05) is 31.8 Å². The van der Waals surface area contributed by atoms with Gasteiger partial charge in [-0.15, -0.1) is 0 Å². The lowest BCUT2D eigenvalue weighted by molar-refractivity contribution is 0.102. The number of carbonyl (C=O) groups excluding carboxylic acids is 1. The Balaban J connectivity index is 2.46. The van der Waals surface area contributed by atoms with E-state index in [2.05, 4.69) is 5.32 Å². The Morgan fingerprint density at radius 1 is 1.19 bits per heavy atom. The summed E-state index contributed by atoms with van der Waals surface area (Å²) in [5.41, 5.74) is 7.67. The number of rotatable bonds is 6. The van der Waals surface area contributed by atoms with Crippen molar-refractivity contribution in [2.45, 2.75) is 18.7 Å². The monoisotopic (exact) mass is 377 g/mol. The summed E-state index contributed by atoms with van der Waals surface area (Å²) in [5.74, 6) is -0.00438. The Kier molecular flexibility index (Phi) is 5.89. The van der Waals surface area contributed by atoms with Crippen molar-refractivity contribution in [3.8, 4) is 5.75 Å². The molecule has 0 bridgehead atoms. The maximum atomic E-state index is 12.7. The smallest absolute Gasteiger partial charge is 0.256 e. The Bertz CT molecular complexity index is 924. The third-order valence-corrected chi connectivity index (χ3v) is 5.59. The Morgan fingerprint density at radius 3 is 2.50 bits per heavy atom. The van der Waals surface area contributed by atoms with Crippen molar-refractivity contribution >= 4 is 27.3 Å². The number of amides is 1. The van der Waals surface area contributed by atoms with Crippen LogP contribution in [0.4, 0.5) is 11.4 Å². The van der Waals surface area contributed by atoms with Gasteiger partial charge in [-0.1, -0.05) is 6.07 Å². The van der Waals surface area contributed by atoms with Gasteiger partial charge in [-0.3, -0.25) is 4.79 Å². The van der Waals surface area contributed by atoms with E-state index in [4.69, 9.17) is 10.5 Å². The van der Waals surface area contributed by atoms with Crippen LogP contribution in [0.1, 0.15) is 22.8 Å². The summed E-state index contributed by atoms with van der Waals surface area (Å²) in [6.07, 6.45) is 0. The average Bonchev–Trinajstić information content (AvgIpc) is 2.58. The van der Waals surface area contributed by atoms with Crippen molar-refractivity contribution < 1.29 is 17.9 Å². The van der Waals surface area contributed by atoms with Gasteiger partial charge in [0.15, 0.2) is 0 Å². The van der Waals surface area contributed by atoms with Gasteiger partial charge in [0.25, 0.3) is 5.91 Å². The largest absolute Gasteiger partial charge is 0.492 e. The fourth-order valence-electron chi connectivity index (χ4n) is 2.33. The molecular weight excluding hydrogens is 354 g/mol. The predicted molar refractivity (Wildman–Crippen MR) is 102 cm³/mol. The predicted octanol–water partition coefficient (Wildman–Crippen LogP) is 2.48. The second-order valence-corrected chi connectivity index (χ2v) is 8.06. The van der Waals surface area contributed by atoms with Crippen LogP contribution < -0.4 is 15.8 Å². The zero-order valence-electron chi connectivity index (χ0n) is 15.2. The molecule has 2 aromatic rings. The lowest BCUT2D eigenvalue weighted by Gasteiger charge is -2.16. The van der Waals surface area contributed by atoms with E-state index in [1.54, 1.807) is 32.0 Å². The molecule has 140 valence electrons. The Hall–Kier alpha value is -2.58. The SMILES string of the molecule is CCOc1ccc(S(=O)(=O)N(C)C)cc1NC(=O)c1cc(N)ccc1C. The van der Waals surface area contributed by atoms with E-state index in [0.29, 0.717) is 23.6 Å². The standard InChI is InChI=1S/C18H23N3O4S/c1-5-25-17-9-8-14(26(23,24)21(3)4)11-16(17)20-18(22)15-10-13(19)7-6-12(15)2/h6-11H,5,19H2,1-4H3,(H,20,22). The summed E-state index contributed by atoms with van der Waals surface area (Å²) in [4.78, 5) is 12.7. The van der Waals surface area contributed by atoms with Gasteiger partial charge in [0.05, 0.1) is 17.2 Å². The van der Waals surface area contributed by atoms with E-state index in [1.807, 2.05) is 0 Å². The summed E-state index contributed by atoms with van der Waals surface area (Å²) >= 11 is 0. The molecule has 7 nitrogen and oxygen atoms in total. The Labute approximate surface area is 153 Å². The molecule has 8 heteroatoms. The van der Waals surface area contributed by atoms with Crippen LogP contribution in [0.15, 0.2) is 41.3 Å². The highest BCUT2D eigenvalue weighted by Crippen LogP contribution is 2.29. The summed E-state index contributed by atoms with van der Waals surface area (Å²) in [7, 11) is -0.751. The first kappa shape index (κ1) is 19.7. The highest BCUT2D eigenvalue weighted by Gasteiger charge is 2.20. The van der Waals surface area contributed by atoms with E-state index < -0.39 is 15.9 Å². The highest BCUT2D eigenvalue weighted by molar-refractivity contribution is 7.89. The minimum absolute atomic E-state index is 0.0607. The molecule has 0 aliphatic rings. The van der Waals surface area contributed by atoms with Gasteiger partial charge >= 0.3 is 0 Å². The molecule has 2 rings (SSSR count). The summed E-state index contributed by atoms with van der Waals surface area (Å²) in [6, 6.07) is 9.40. The van der Waals surface area contributed by atoms with Gasteiger partial charge in [-0.2, -0.15) is 0 Å². The summed E-state index contributed by atoms with van der Waals surface area (Å²) in [6.45, 7) is 3.98. The van der Waals surface area contributed by atoms with E-state index in [1.165, 1.54) is 32.3 Å². The van der Waals surface area contributed by atoms with Crippen molar-refractivity contribution in [1.29, 1.82) is 0 Å². The van der Waals surface area contributed by atoms with Crippen LogP contribution in [0.5, 0.6) is 5.75 Å². The van der Waals surface area contributed by atoms with Crippen LogP contribution in [-0.4, -0.2) is 39.3 Å². The zero-order chi connectivity index (χ0) is 19.5. The van der Waals surface area contributed by atoms with Crippen LogP contribution in [0, 0.1) is 6.92 Å². The first-order valence-electron chi connectivity index (χ1n) is 8.03. The molecule has 0 saturated heterocycles. The molecule has 0 unspecified atom stereocenters. The van der Waals surface area contributed by atoms with Crippen LogP contribution in [0.25, 0.3) is 0 Å². The van der Waals surface area contributed by atoms with Gasteiger partial charge < -0.3 is 15.8 Å². The maximum absolute atomic E-state index is 12.7. The average molecular weight is 377 g/mol. The van der Waals surface area contributed by atoms with Gasteiger partial charge in [0.2, 0.25) is 10.0 Å². The first-order valence-corrected chi connectivity index (χ1v) is 9.47. The lowest BCUT2D eigenvalue weighted by Crippen LogP contribution is -2.22. The van der Waals surface area contributed by atoms with Crippen LogP contribution in [-0.2, 0) is 10.0 Å². The number of nitrogens with zero attached hydrogens (tertiary/aromatic N) is 1. The minimum Gasteiger partial charge on any atom is -0.492 e. The van der Waals surface area contributed by atoms with E-state index in [-0.39, 0.29) is 10.6 Å². The van der Waals surface area contributed by atoms with Gasteiger partial charge in [-0.05, 0) is 49.7 Å². The second kappa shape index (κ2) is 7.76. The van der Waals surface area contributed by atoms with Gasteiger partial charge in [0, 0.05) is 25.3 Å². The minimum atomic E-state index is -3.64. The third kappa shape index (κ3) is 4.14.